The standard InChI is InChI=1S/C26H52N2O2S/c1-4-7-10-13-15-17-20-23-28(24-21-18-16-14-11-8-5-2)31(29,30)26(25-27)22-19-12-9-6-3/h26H,4-24H2,1-3H3. The summed E-state index contributed by atoms with van der Waals surface area (Å²) in [5, 5.41) is 8.72. The van der Waals surface area contributed by atoms with Crippen LogP contribution in [0.25, 0.3) is 0 Å². The Balaban J connectivity index is 4.66. The normalized spacial score (nSPS) is 12.9. The Hall–Kier alpha value is -0.600. The molecule has 0 fully saturated rings. The number of sulfonamides is 1. The molecule has 0 aromatic carbocycles. The fraction of sp³-hybridized carbons (Fsp3) is 0.962. The van der Waals surface area contributed by atoms with Crippen LogP contribution in [0.15, 0.2) is 0 Å². The van der Waals surface area contributed by atoms with Crippen LogP contribution in [0.1, 0.15) is 143 Å². The Morgan fingerprint density at radius 3 is 1.35 bits per heavy atom. The maximum absolute atomic E-state index is 13.2. The molecule has 184 valence electrons. The summed E-state index contributed by atoms with van der Waals surface area (Å²) >= 11 is 0. The van der Waals surface area contributed by atoms with E-state index in [0.717, 1.165) is 51.4 Å². The van der Waals surface area contributed by atoms with Crippen molar-refractivity contribution in [2.24, 2.45) is 0 Å². The van der Waals surface area contributed by atoms with Crippen molar-refractivity contribution in [3.8, 4) is 6.07 Å². The van der Waals surface area contributed by atoms with Gasteiger partial charge in [-0.25, -0.2) is 12.7 Å². The molecule has 0 saturated heterocycles. The second kappa shape index (κ2) is 21.3. The molecule has 0 saturated carbocycles. The van der Waals surface area contributed by atoms with Crippen LogP contribution in [0, 0.1) is 11.3 Å². The highest BCUT2D eigenvalue weighted by atomic mass is 32.2. The van der Waals surface area contributed by atoms with Crippen LogP contribution in [0.5, 0.6) is 0 Å². The van der Waals surface area contributed by atoms with Crippen molar-refractivity contribution in [3.05, 3.63) is 0 Å². The molecule has 5 heteroatoms. The van der Waals surface area contributed by atoms with Gasteiger partial charge in [0.2, 0.25) is 10.0 Å². The van der Waals surface area contributed by atoms with Gasteiger partial charge in [-0.3, -0.25) is 0 Å². The van der Waals surface area contributed by atoms with Gasteiger partial charge < -0.3 is 0 Å². The smallest absolute Gasteiger partial charge is 0.211 e. The van der Waals surface area contributed by atoms with Crippen molar-refractivity contribution in [2.75, 3.05) is 13.1 Å². The van der Waals surface area contributed by atoms with E-state index >= 15 is 0 Å². The van der Waals surface area contributed by atoms with E-state index in [-0.39, 0.29) is 0 Å². The first-order valence-electron chi connectivity index (χ1n) is 13.4. The Bertz CT molecular complexity index is 510. The number of hydrogen-bond donors (Lipinski definition) is 0. The lowest BCUT2D eigenvalue weighted by molar-refractivity contribution is 0.379. The summed E-state index contributed by atoms with van der Waals surface area (Å²) in [5.41, 5.74) is 0. The first-order chi connectivity index (χ1) is 15.0. The van der Waals surface area contributed by atoms with Gasteiger partial charge in [-0.2, -0.15) is 5.26 Å². The zero-order valence-corrected chi connectivity index (χ0v) is 21.9. The molecule has 0 aliphatic carbocycles. The summed E-state index contributed by atoms with van der Waals surface area (Å²) in [7, 11) is -3.53. The molecular formula is C26H52N2O2S. The van der Waals surface area contributed by atoms with Crippen molar-refractivity contribution in [1.82, 2.24) is 4.31 Å². The van der Waals surface area contributed by atoms with E-state index < -0.39 is 15.3 Å². The molecule has 4 nitrogen and oxygen atoms in total. The Morgan fingerprint density at radius 2 is 0.968 bits per heavy atom. The van der Waals surface area contributed by atoms with Gasteiger partial charge in [0.15, 0.2) is 5.25 Å². The Morgan fingerprint density at radius 1 is 0.613 bits per heavy atom. The first-order valence-corrected chi connectivity index (χ1v) is 14.9. The van der Waals surface area contributed by atoms with E-state index in [9.17, 15) is 13.7 Å². The topological polar surface area (TPSA) is 61.2 Å². The maximum atomic E-state index is 13.2. The van der Waals surface area contributed by atoms with E-state index in [1.165, 1.54) is 64.2 Å². The van der Waals surface area contributed by atoms with E-state index in [2.05, 4.69) is 26.8 Å². The zero-order chi connectivity index (χ0) is 23.2. The number of nitrogens with zero attached hydrogens (tertiary/aromatic N) is 2. The molecule has 0 aromatic heterocycles. The predicted octanol–water partition coefficient (Wildman–Crippen LogP) is 7.98. The third kappa shape index (κ3) is 15.8. The highest BCUT2D eigenvalue weighted by Gasteiger charge is 2.31. The van der Waals surface area contributed by atoms with E-state index in [4.69, 9.17) is 0 Å². The third-order valence-electron chi connectivity index (χ3n) is 6.21. The molecule has 0 amide bonds. The van der Waals surface area contributed by atoms with Crippen LogP contribution < -0.4 is 0 Å². The van der Waals surface area contributed by atoms with Crippen LogP contribution in [-0.2, 0) is 10.0 Å². The number of rotatable bonds is 23. The largest absolute Gasteiger partial charge is 0.230 e. The van der Waals surface area contributed by atoms with Crippen molar-refractivity contribution < 1.29 is 8.42 Å². The van der Waals surface area contributed by atoms with Crippen LogP contribution in [0.2, 0.25) is 0 Å². The van der Waals surface area contributed by atoms with Crippen LogP contribution in [-0.4, -0.2) is 31.1 Å². The monoisotopic (exact) mass is 456 g/mol. The van der Waals surface area contributed by atoms with E-state index in [1.54, 1.807) is 4.31 Å². The molecule has 0 spiro atoms. The van der Waals surface area contributed by atoms with E-state index in [1.807, 2.05) is 0 Å². The second-order valence-corrected chi connectivity index (χ2v) is 11.3. The minimum Gasteiger partial charge on any atom is -0.211 e. The van der Waals surface area contributed by atoms with Crippen LogP contribution >= 0.6 is 0 Å². The lowest BCUT2D eigenvalue weighted by Crippen LogP contribution is -2.39. The molecule has 0 N–H and O–H groups in total. The highest BCUT2D eigenvalue weighted by molar-refractivity contribution is 7.90. The molecule has 1 unspecified atom stereocenters. The Labute approximate surface area is 195 Å². The molecule has 0 aromatic rings. The van der Waals surface area contributed by atoms with E-state index in [0.29, 0.717) is 19.5 Å². The minimum atomic E-state index is -3.53. The predicted molar refractivity (Wildman–Crippen MR) is 135 cm³/mol. The molecule has 1 atom stereocenters. The molecule has 0 aliphatic heterocycles. The van der Waals surface area contributed by atoms with Gasteiger partial charge in [0.1, 0.15) is 0 Å². The second-order valence-electron chi connectivity index (χ2n) is 9.15. The molecular weight excluding hydrogens is 404 g/mol. The van der Waals surface area contributed by atoms with Gasteiger partial charge in [0.05, 0.1) is 6.07 Å². The molecule has 0 bridgehead atoms. The summed E-state index contributed by atoms with van der Waals surface area (Å²) in [4.78, 5) is 0. The molecule has 0 rings (SSSR count). The van der Waals surface area contributed by atoms with Crippen LogP contribution in [0.3, 0.4) is 0 Å². The lowest BCUT2D eigenvalue weighted by Gasteiger charge is -2.25. The summed E-state index contributed by atoms with van der Waals surface area (Å²) < 4.78 is 28.1. The van der Waals surface area contributed by atoms with Crippen molar-refractivity contribution in [1.29, 1.82) is 5.26 Å². The number of hydrogen-bond acceptors (Lipinski definition) is 3. The maximum Gasteiger partial charge on any atom is 0.230 e. The summed E-state index contributed by atoms with van der Waals surface area (Å²) in [6, 6.07) is 2.12. The van der Waals surface area contributed by atoms with Gasteiger partial charge in [-0.05, 0) is 19.3 Å². The number of nitriles is 1. The summed E-state index contributed by atoms with van der Waals surface area (Å²) in [6.07, 6.45) is 21.0. The molecule has 31 heavy (non-hydrogen) atoms. The summed E-state index contributed by atoms with van der Waals surface area (Å²) in [6.45, 7) is 7.75. The fourth-order valence-corrected chi connectivity index (χ4v) is 5.80. The average molecular weight is 457 g/mol. The van der Waals surface area contributed by atoms with Gasteiger partial charge in [0.25, 0.3) is 0 Å². The van der Waals surface area contributed by atoms with Gasteiger partial charge in [-0.15, -0.1) is 0 Å². The van der Waals surface area contributed by atoms with Gasteiger partial charge in [-0.1, -0.05) is 124 Å². The Kier molecular flexibility index (Phi) is 20.8. The van der Waals surface area contributed by atoms with Gasteiger partial charge >= 0.3 is 0 Å². The highest BCUT2D eigenvalue weighted by Crippen LogP contribution is 2.19. The van der Waals surface area contributed by atoms with Crippen molar-refractivity contribution in [2.45, 2.75) is 148 Å². The quantitative estimate of drug-likeness (QED) is 0.146. The fourth-order valence-electron chi connectivity index (χ4n) is 4.07. The third-order valence-corrected chi connectivity index (χ3v) is 8.35. The lowest BCUT2D eigenvalue weighted by atomic mass is 10.1. The molecule has 0 radical (unpaired) electrons. The molecule has 0 aliphatic rings. The van der Waals surface area contributed by atoms with Crippen molar-refractivity contribution >= 4 is 10.0 Å². The minimum absolute atomic E-state index is 0.476. The number of unbranched alkanes of at least 4 members (excludes halogenated alkanes) is 15. The van der Waals surface area contributed by atoms with Crippen molar-refractivity contribution in [3.63, 3.8) is 0 Å². The molecule has 0 heterocycles. The summed E-state index contributed by atoms with van der Waals surface area (Å²) in [5.74, 6) is 0. The first kappa shape index (κ1) is 30.4. The SMILES string of the molecule is CCCCCCCCCN(CCCCCCCCC)S(=O)(=O)C(C#N)CCCCCC. The van der Waals surface area contributed by atoms with Crippen LogP contribution in [0.4, 0.5) is 0 Å². The van der Waals surface area contributed by atoms with Gasteiger partial charge in [0, 0.05) is 13.1 Å². The zero-order valence-electron chi connectivity index (χ0n) is 21.0. The average Bonchev–Trinajstić information content (AvgIpc) is 2.76.